The molecule has 4 nitrogen and oxygen atoms in total. The zero-order valence-corrected chi connectivity index (χ0v) is 10.8. The second-order valence-electron chi connectivity index (χ2n) is 3.43. The molecule has 0 unspecified atom stereocenters. The van der Waals surface area contributed by atoms with Crippen LogP contribution in [0.1, 0.15) is 23.0 Å². The van der Waals surface area contributed by atoms with Gasteiger partial charge in [0.15, 0.2) is 0 Å². The van der Waals surface area contributed by atoms with Crippen LogP contribution in [-0.4, -0.2) is 17.7 Å². The van der Waals surface area contributed by atoms with Gasteiger partial charge in [0, 0.05) is 5.39 Å². The van der Waals surface area contributed by atoms with E-state index in [4.69, 9.17) is 9.15 Å². The van der Waals surface area contributed by atoms with E-state index in [0.29, 0.717) is 34.2 Å². The molecule has 1 aromatic carbocycles. The van der Waals surface area contributed by atoms with Crippen LogP contribution in [0.4, 0.5) is 0 Å². The number of ether oxygens (including phenoxy) is 1. The summed E-state index contributed by atoms with van der Waals surface area (Å²) in [6.07, 6.45) is 0. The van der Waals surface area contributed by atoms with Gasteiger partial charge in [0.1, 0.15) is 22.7 Å². The lowest BCUT2D eigenvalue weighted by molar-refractivity contribution is 0.0526. The smallest absolute Gasteiger partial charge is 0.342 e. The van der Waals surface area contributed by atoms with Crippen LogP contribution in [0.2, 0.25) is 0 Å². The van der Waals surface area contributed by atoms with E-state index in [9.17, 15) is 9.90 Å². The van der Waals surface area contributed by atoms with E-state index in [2.05, 4.69) is 15.9 Å². The molecule has 0 aliphatic carbocycles. The summed E-state index contributed by atoms with van der Waals surface area (Å²) in [4.78, 5) is 11.8. The van der Waals surface area contributed by atoms with E-state index in [0.717, 1.165) is 0 Å². The number of fused-ring (bicyclic) bond motifs is 1. The lowest BCUT2D eigenvalue weighted by Crippen LogP contribution is -2.05. The molecule has 0 atom stereocenters. The van der Waals surface area contributed by atoms with Crippen molar-refractivity contribution in [2.24, 2.45) is 0 Å². The maximum atomic E-state index is 11.8. The minimum Gasteiger partial charge on any atom is -0.508 e. The molecular weight excluding hydrogens is 288 g/mol. The van der Waals surface area contributed by atoms with Crippen molar-refractivity contribution in [3.05, 3.63) is 29.5 Å². The minimum absolute atomic E-state index is 0.0879. The molecule has 5 heteroatoms. The summed E-state index contributed by atoms with van der Waals surface area (Å²) in [6, 6.07) is 4.63. The Balaban J connectivity index is 2.64. The van der Waals surface area contributed by atoms with E-state index in [1.165, 1.54) is 12.1 Å². The van der Waals surface area contributed by atoms with Crippen molar-refractivity contribution in [3.8, 4) is 5.75 Å². The van der Waals surface area contributed by atoms with Crippen LogP contribution >= 0.6 is 15.9 Å². The van der Waals surface area contributed by atoms with E-state index >= 15 is 0 Å². The number of alkyl halides is 1. The number of furan rings is 1. The average molecular weight is 299 g/mol. The molecule has 2 rings (SSSR count). The highest BCUT2D eigenvalue weighted by molar-refractivity contribution is 9.08. The molecule has 0 bridgehead atoms. The molecule has 0 spiro atoms. The summed E-state index contributed by atoms with van der Waals surface area (Å²) in [5.41, 5.74) is 0.926. The molecule has 1 aromatic heterocycles. The number of rotatable bonds is 3. The molecular formula is C12H11BrO4. The molecule has 1 N–H and O–H groups in total. The van der Waals surface area contributed by atoms with Gasteiger partial charge in [-0.2, -0.15) is 0 Å². The topological polar surface area (TPSA) is 59.7 Å². The SMILES string of the molecule is CCOC(=O)c1c(CBr)oc2ccc(O)cc12. The lowest BCUT2D eigenvalue weighted by atomic mass is 10.1. The van der Waals surface area contributed by atoms with Gasteiger partial charge in [-0.3, -0.25) is 0 Å². The highest BCUT2D eigenvalue weighted by Crippen LogP contribution is 2.30. The van der Waals surface area contributed by atoms with Crippen LogP contribution < -0.4 is 0 Å². The van der Waals surface area contributed by atoms with Crippen LogP contribution in [0, 0.1) is 0 Å². The lowest BCUT2D eigenvalue weighted by Gasteiger charge is -2.01. The van der Waals surface area contributed by atoms with Gasteiger partial charge in [0.25, 0.3) is 0 Å². The van der Waals surface area contributed by atoms with Crippen molar-refractivity contribution in [3.63, 3.8) is 0 Å². The molecule has 0 fully saturated rings. The Bertz CT molecular complexity index is 559. The Morgan fingerprint density at radius 1 is 1.53 bits per heavy atom. The number of esters is 1. The largest absolute Gasteiger partial charge is 0.508 e. The van der Waals surface area contributed by atoms with Crippen LogP contribution in [0.3, 0.4) is 0 Å². The van der Waals surface area contributed by atoms with E-state index < -0.39 is 5.97 Å². The molecule has 17 heavy (non-hydrogen) atoms. The van der Waals surface area contributed by atoms with Crippen LogP contribution in [0.25, 0.3) is 11.0 Å². The third-order valence-electron chi connectivity index (χ3n) is 2.35. The summed E-state index contributed by atoms with van der Waals surface area (Å²) in [5, 5.41) is 10.4. The van der Waals surface area contributed by atoms with Crippen molar-refractivity contribution in [2.75, 3.05) is 6.61 Å². The molecule has 0 aliphatic heterocycles. The molecule has 90 valence electrons. The Kier molecular flexibility index (Phi) is 3.38. The van der Waals surface area contributed by atoms with Gasteiger partial charge in [-0.25, -0.2) is 4.79 Å². The zero-order valence-electron chi connectivity index (χ0n) is 9.20. The van der Waals surface area contributed by atoms with Crippen LogP contribution in [-0.2, 0) is 10.1 Å². The Hall–Kier alpha value is -1.49. The van der Waals surface area contributed by atoms with Gasteiger partial charge >= 0.3 is 5.97 Å². The number of hydrogen-bond donors (Lipinski definition) is 1. The Morgan fingerprint density at radius 2 is 2.29 bits per heavy atom. The fourth-order valence-corrected chi connectivity index (χ4v) is 2.05. The highest BCUT2D eigenvalue weighted by atomic mass is 79.9. The number of phenolic OH excluding ortho intramolecular Hbond substituents is 1. The summed E-state index contributed by atoms with van der Waals surface area (Å²) < 4.78 is 10.5. The molecule has 0 amide bonds. The highest BCUT2D eigenvalue weighted by Gasteiger charge is 2.21. The van der Waals surface area contributed by atoms with E-state index in [1.54, 1.807) is 13.0 Å². The number of halogens is 1. The monoisotopic (exact) mass is 298 g/mol. The van der Waals surface area contributed by atoms with Crippen molar-refractivity contribution >= 4 is 32.9 Å². The number of carbonyl (C=O) groups is 1. The summed E-state index contributed by atoms with van der Waals surface area (Å²) in [5.74, 6) is 0.153. The van der Waals surface area contributed by atoms with Crippen LogP contribution in [0.15, 0.2) is 22.6 Å². The standard InChI is InChI=1S/C12H11BrO4/c1-2-16-12(15)11-8-5-7(14)3-4-9(8)17-10(11)6-13/h3-5,14H,2,6H2,1H3. The summed E-state index contributed by atoms with van der Waals surface area (Å²) in [7, 11) is 0. The number of aromatic hydroxyl groups is 1. The van der Waals surface area contributed by atoms with Gasteiger partial charge in [0.05, 0.1) is 11.9 Å². The van der Waals surface area contributed by atoms with Crippen molar-refractivity contribution in [1.82, 2.24) is 0 Å². The molecule has 0 radical (unpaired) electrons. The number of benzene rings is 1. The van der Waals surface area contributed by atoms with E-state index in [1.807, 2.05) is 0 Å². The molecule has 2 aromatic rings. The number of phenols is 1. The predicted molar refractivity (Wildman–Crippen MR) is 66.5 cm³/mol. The average Bonchev–Trinajstić information content (AvgIpc) is 2.66. The van der Waals surface area contributed by atoms with Gasteiger partial charge in [-0.05, 0) is 25.1 Å². The van der Waals surface area contributed by atoms with Crippen molar-refractivity contribution in [1.29, 1.82) is 0 Å². The molecule has 0 saturated heterocycles. The summed E-state index contributed by atoms with van der Waals surface area (Å²) in [6.45, 7) is 2.04. The first-order valence-electron chi connectivity index (χ1n) is 5.14. The third kappa shape index (κ3) is 2.15. The number of hydrogen-bond acceptors (Lipinski definition) is 4. The molecule has 0 aliphatic rings. The van der Waals surface area contributed by atoms with E-state index in [-0.39, 0.29) is 5.75 Å². The van der Waals surface area contributed by atoms with Gasteiger partial charge < -0.3 is 14.3 Å². The third-order valence-corrected chi connectivity index (χ3v) is 2.85. The van der Waals surface area contributed by atoms with Gasteiger partial charge in [0.2, 0.25) is 0 Å². The normalized spacial score (nSPS) is 10.7. The maximum Gasteiger partial charge on any atom is 0.342 e. The quantitative estimate of drug-likeness (QED) is 0.698. The fourth-order valence-electron chi connectivity index (χ4n) is 1.66. The first-order valence-corrected chi connectivity index (χ1v) is 6.27. The molecule has 0 saturated carbocycles. The van der Waals surface area contributed by atoms with Gasteiger partial charge in [-0.15, -0.1) is 0 Å². The van der Waals surface area contributed by atoms with Crippen molar-refractivity contribution in [2.45, 2.75) is 12.3 Å². The minimum atomic E-state index is -0.439. The first kappa shape index (κ1) is 12.0. The fraction of sp³-hybridized carbons (Fsp3) is 0.250. The second kappa shape index (κ2) is 4.79. The zero-order chi connectivity index (χ0) is 12.4. The second-order valence-corrected chi connectivity index (χ2v) is 4.00. The Morgan fingerprint density at radius 3 is 2.94 bits per heavy atom. The maximum absolute atomic E-state index is 11.8. The van der Waals surface area contributed by atoms with Crippen LogP contribution in [0.5, 0.6) is 5.75 Å². The first-order chi connectivity index (χ1) is 8.17. The Labute approximate surface area is 106 Å². The van der Waals surface area contributed by atoms with Crippen molar-refractivity contribution < 1.29 is 19.1 Å². The number of carbonyl (C=O) groups excluding carboxylic acids is 1. The summed E-state index contributed by atoms with van der Waals surface area (Å²) >= 11 is 3.26. The van der Waals surface area contributed by atoms with Gasteiger partial charge in [-0.1, -0.05) is 15.9 Å². The predicted octanol–water partition coefficient (Wildman–Crippen LogP) is 3.21. The molecule has 1 heterocycles.